The summed E-state index contributed by atoms with van der Waals surface area (Å²) in [6, 6.07) is 10.4. The number of rotatable bonds is 4. The SMILES string of the molecule is Cc1cc(=O)oc2cc(OCC(=O)N3CCN(c4ccccn4)CC3)c(Cl)cc12. The van der Waals surface area contributed by atoms with E-state index in [2.05, 4.69) is 9.88 Å². The predicted octanol–water partition coefficient (Wildman–Crippen LogP) is 2.88. The van der Waals surface area contributed by atoms with Gasteiger partial charge in [-0.05, 0) is 30.7 Å². The molecule has 0 atom stereocenters. The van der Waals surface area contributed by atoms with Gasteiger partial charge in [0.05, 0.1) is 5.02 Å². The zero-order valence-corrected chi connectivity index (χ0v) is 16.7. The first-order valence-corrected chi connectivity index (χ1v) is 9.69. The molecule has 3 aromatic rings. The minimum atomic E-state index is -0.440. The minimum absolute atomic E-state index is 0.118. The van der Waals surface area contributed by atoms with E-state index in [0.29, 0.717) is 42.5 Å². The van der Waals surface area contributed by atoms with Crippen molar-refractivity contribution in [3.05, 3.63) is 63.6 Å². The van der Waals surface area contributed by atoms with Gasteiger partial charge in [-0.15, -0.1) is 0 Å². The number of carbonyl (C=O) groups excluding carboxylic acids is 1. The van der Waals surface area contributed by atoms with Crippen molar-refractivity contribution in [2.75, 3.05) is 37.7 Å². The lowest BCUT2D eigenvalue weighted by atomic mass is 10.1. The largest absolute Gasteiger partial charge is 0.482 e. The molecule has 3 heterocycles. The molecule has 4 rings (SSSR count). The van der Waals surface area contributed by atoms with E-state index in [4.69, 9.17) is 20.8 Å². The Hall–Kier alpha value is -3.06. The number of aromatic nitrogens is 1. The molecule has 150 valence electrons. The molecule has 0 saturated carbocycles. The second kappa shape index (κ2) is 8.13. The lowest BCUT2D eigenvalue weighted by Gasteiger charge is -2.35. The highest BCUT2D eigenvalue weighted by Gasteiger charge is 2.22. The van der Waals surface area contributed by atoms with Crippen LogP contribution in [-0.4, -0.2) is 48.6 Å². The average Bonchev–Trinajstić information content (AvgIpc) is 2.73. The van der Waals surface area contributed by atoms with Crippen LogP contribution in [-0.2, 0) is 4.79 Å². The molecule has 0 spiro atoms. The zero-order chi connectivity index (χ0) is 20.4. The molecule has 1 aliphatic rings. The third-order valence-corrected chi connectivity index (χ3v) is 5.26. The molecular weight excluding hydrogens is 394 g/mol. The maximum atomic E-state index is 12.5. The molecule has 0 aliphatic carbocycles. The van der Waals surface area contributed by atoms with Crippen molar-refractivity contribution in [3.63, 3.8) is 0 Å². The Balaban J connectivity index is 1.39. The lowest BCUT2D eigenvalue weighted by Crippen LogP contribution is -2.50. The van der Waals surface area contributed by atoms with Crippen LogP contribution in [0.3, 0.4) is 0 Å². The van der Waals surface area contributed by atoms with E-state index < -0.39 is 5.63 Å². The summed E-state index contributed by atoms with van der Waals surface area (Å²) in [4.78, 5) is 32.4. The smallest absolute Gasteiger partial charge is 0.336 e. The van der Waals surface area contributed by atoms with Crippen LogP contribution in [0.4, 0.5) is 5.82 Å². The molecule has 0 unspecified atom stereocenters. The normalized spacial score (nSPS) is 14.3. The monoisotopic (exact) mass is 413 g/mol. The number of halogens is 1. The second-order valence-corrected chi connectivity index (χ2v) is 7.28. The first-order valence-electron chi connectivity index (χ1n) is 9.32. The summed E-state index contributed by atoms with van der Waals surface area (Å²) in [6.07, 6.45) is 1.76. The third-order valence-electron chi connectivity index (χ3n) is 4.96. The molecule has 8 heteroatoms. The van der Waals surface area contributed by atoms with E-state index in [9.17, 15) is 9.59 Å². The van der Waals surface area contributed by atoms with Gasteiger partial charge in [0.25, 0.3) is 5.91 Å². The fraction of sp³-hybridized carbons (Fsp3) is 0.286. The van der Waals surface area contributed by atoms with Crippen LogP contribution in [0.15, 0.2) is 51.8 Å². The third kappa shape index (κ3) is 4.19. The molecule has 1 fully saturated rings. The van der Waals surface area contributed by atoms with Crippen molar-refractivity contribution in [1.29, 1.82) is 0 Å². The highest BCUT2D eigenvalue weighted by Crippen LogP contribution is 2.31. The van der Waals surface area contributed by atoms with Gasteiger partial charge < -0.3 is 19.0 Å². The number of fused-ring (bicyclic) bond motifs is 1. The summed E-state index contributed by atoms with van der Waals surface area (Å²) in [5, 5.41) is 1.10. The number of hydrogen-bond acceptors (Lipinski definition) is 6. The van der Waals surface area contributed by atoms with Gasteiger partial charge in [0.15, 0.2) is 6.61 Å². The molecular formula is C21H20ClN3O4. The summed E-state index contributed by atoms with van der Waals surface area (Å²) >= 11 is 6.29. The minimum Gasteiger partial charge on any atom is -0.482 e. The van der Waals surface area contributed by atoms with Gasteiger partial charge >= 0.3 is 5.63 Å². The Morgan fingerprint density at radius 1 is 1.21 bits per heavy atom. The first kappa shape index (κ1) is 19.3. The van der Waals surface area contributed by atoms with Gasteiger partial charge in [0.2, 0.25) is 0 Å². The van der Waals surface area contributed by atoms with Crippen molar-refractivity contribution in [1.82, 2.24) is 9.88 Å². The van der Waals surface area contributed by atoms with E-state index in [1.54, 1.807) is 23.2 Å². The summed E-state index contributed by atoms with van der Waals surface area (Å²) in [7, 11) is 0. The molecule has 1 amide bonds. The van der Waals surface area contributed by atoms with Crippen LogP contribution in [0.2, 0.25) is 5.02 Å². The summed E-state index contributed by atoms with van der Waals surface area (Å²) in [5.41, 5.74) is 0.711. The molecule has 0 N–H and O–H groups in total. The highest BCUT2D eigenvalue weighted by atomic mass is 35.5. The number of anilines is 1. The summed E-state index contributed by atoms with van der Waals surface area (Å²) in [5.74, 6) is 1.11. The lowest BCUT2D eigenvalue weighted by molar-refractivity contribution is -0.133. The topological polar surface area (TPSA) is 75.9 Å². The Kier molecular flexibility index (Phi) is 5.40. The van der Waals surface area contributed by atoms with Crippen LogP contribution in [0.5, 0.6) is 5.75 Å². The second-order valence-electron chi connectivity index (χ2n) is 6.87. The zero-order valence-electron chi connectivity index (χ0n) is 15.9. The number of amides is 1. The predicted molar refractivity (Wildman–Crippen MR) is 111 cm³/mol. The summed E-state index contributed by atoms with van der Waals surface area (Å²) < 4.78 is 10.9. The van der Waals surface area contributed by atoms with Crippen LogP contribution in [0, 0.1) is 6.92 Å². The number of pyridine rings is 1. The van der Waals surface area contributed by atoms with Crippen molar-refractivity contribution in [2.24, 2.45) is 0 Å². The van der Waals surface area contributed by atoms with Gasteiger partial charge in [0, 0.05) is 49.9 Å². The Labute approximate surface area is 172 Å². The van der Waals surface area contributed by atoms with E-state index in [0.717, 1.165) is 16.8 Å². The van der Waals surface area contributed by atoms with E-state index in [-0.39, 0.29) is 12.5 Å². The van der Waals surface area contributed by atoms with Crippen molar-refractivity contribution in [2.45, 2.75) is 6.92 Å². The van der Waals surface area contributed by atoms with Crippen LogP contribution < -0.4 is 15.3 Å². The van der Waals surface area contributed by atoms with Crippen molar-refractivity contribution < 1.29 is 13.9 Å². The van der Waals surface area contributed by atoms with Crippen LogP contribution in [0.1, 0.15) is 5.56 Å². The number of piperazine rings is 1. The molecule has 1 saturated heterocycles. The van der Waals surface area contributed by atoms with Crippen LogP contribution >= 0.6 is 11.6 Å². The number of benzene rings is 1. The number of aryl methyl sites for hydroxylation is 1. The molecule has 0 bridgehead atoms. The van der Waals surface area contributed by atoms with Crippen LogP contribution in [0.25, 0.3) is 11.0 Å². The number of ether oxygens (including phenoxy) is 1. The van der Waals surface area contributed by atoms with Gasteiger partial charge in [-0.1, -0.05) is 17.7 Å². The van der Waals surface area contributed by atoms with Crippen molar-refractivity contribution >= 4 is 34.3 Å². The fourth-order valence-electron chi connectivity index (χ4n) is 3.39. The maximum absolute atomic E-state index is 12.5. The first-order chi connectivity index (χ1) is 14.0. The van der Waals surface area contributed by atoms with Crippen molar-refractivity contribution in [3.8, 4) is 5.75 Å². The molecule has 0 radical (unpaired) electrons. The Bertz CT molecular complexity index is 1090. The molecule has 2 aromatic heterocycles. The quantitative estimate of drug-likeness (QED) is 0.612. The van der Waals surface area contributed by atoms with E-state index >= 15 is 0 Å². The molecule has 7 nitrogen and oxygen atoms in total. The Morgan fingerprint density at radius 3 is 2.72 bits per heavy atom. The number of hydrogen-bond donors (Lipinski definition) is 0. The molecule has 1 aromatic carbocycles. The highest BCUT2D eigenvalue weighted by molar-refractivity contribution is 6.32. The van der Waals surface area contributed by atoms with Gasteiger partial charge in [-0.25, -0.2) is 9.78 Å². The average molecular weight is 414 g/mol. The number of nitrogens with zero attached hydrogens (tertiary/aromatic N) is 3. The van der Waals surface area contributed by atoms with Gasteiger partial charge in [-0.3, -0.25) is 4.79 Å². The van der Waals surface area contributed by atoms with E-state index in [1.165, 1.54) is 6.07 Å². The standard InChI is InChI=1S/C21H20ClN3O4/c1-14-10-21(27)29-17-12-18(16(22)11-15(14)17)28-13-20(26)25-8-6-24(7-9-25)19-4-2-3-5-23-19/h2-5,10-12H,6-9,13H2,1H3. The molecule has 1 aliphatic heterocycles. The molecule has 29 heavy (non-hydrogen) atoms. The fourth-order valence-corrected chi connectivity index (χ4v) is 3.61. The van der Waals surface area contributed by atoms with Gasteiger partial charge in [0.1, 0.15) is 17.2 Å². The summed E-state index contributed by atoms with van der Waals surface area (Å²) in [6.45, 7) is 4.29. The number of carbonyl (C=O) groups is 1. The Morgan fingerprint density at radius 2 is 2.00 bits per heavy atom. The maximum Gasteiger partial charge on any atom is 0.336 e. The van der Waals surface area contributed by atoms with Gasteiger partial charge in [-0.2, -0.15) is 0 Å². The van der Waals surface area contributed by atoms with E-state index in [1.807, 2.05) is 25.1 Å².